The molecule has 0 aliphatic carbocycles. The molecule has 0 fully saturated rings. The first-order valence-corrected chi connectivity index (χ1v) is 8.64. The van der Waals surface area contributed by atoms with Crippen molar-refractivity contribution in [3.8, 4) is 0 Å². The van der Waals surface area contributed by atoms with Crippen molar-refractivity contribution in [3.63, 3.8) is 0 Å². The van der Waals surface area contributed by atoms with Crippen molar-refractivity contribution >= 4 is 11.9 Å². The van der Waals surface area contributed by atoms with Crippen LogP contribution < -0.4 is 5.32 Å². The van der Waals surface area contributed by atoms with E-state index in [0.717, 1.165) is 17.5 Å². The van der Waals surface area contributed by atoms with Crippen LogP contribution >= 0.6 is 0 Å². The first-order chi connectivity index (χ1) is 12.1. The first-order valence-electron chi connectivity index (χ1n) is 8.64. The lowest BCUT2D eigenvalue weighted by Gasteiger charge is -2.21. The number of esters is 1. The van der Waals surface area contributed by atoms with E-state index < -0.39 is 0 Å². The van der Waals surface area contributed by atoms with E-state index >= 15 is 0 Å². The summed E-state index contributed by atoms with van der Waals surface area (Å²) >= 11 is 0. The zero-order valence-corrected chi connectivity index (χ0v) is 14.8. The minimum atomic E-state index is -0.354. The van der Waals surface area contributed by atoms with Gasteiger partial charge in [-0.05, 0) is 17.0 Å². The maximum Gasteiger partial charge on any atom is 0.314 e. The van der Waals surface area contributed by atoms with Crippen molar-refractivity contribution in [2.24, 2.45) is 5.92 Å². The van der Waals surface area contributed by atoms with Crippen molar-refractivity contribution in [1.29, 1.82) is 0 Å². The van der Waals surface area contributed by atoms with Crippen LogP contribution in [0, 0.1) is 5.92 Å². The highest BCUT2D eigenvalue weighted by atomic mass is 16.5. The van der Waals surface area contributed by atoms with Gasteiger partial charge in [-0.25, -0.2) is 0 Å². The molecule has 4 heteroatoms. The summed E-state index contributed by atoms with van der Waals surface area (Å²) in [5.74, 6) is -0.862. The maximum absolute atomic E-state index is 12.5. The number of hydrogen-bond acceptors (Lipinski definition) is 3. The van der Waals surface area contributed by atoms with Gasteiger partial charge in [0, 0.05) is 6.54 Å². The standard InChI is InChI=1S/C21H25NO3/c1-3-16(2)20(18-12-8-5-9-13-18)21(24)25-15-19(23)22-14-17-10-6-4-7-11-17/h4-13,16,20H,3,14-15H2,1-2H3,(H,22,23)/t16-,20+/m1/s1. The molecular weight excluding hydrogens is 314 g/mol. The monoisotopic (exact) mass is 339 g/mol. The molecule has 0 heterocycles. The predicted octanol–water partition coefficient (Wildman–Crippen LogP) is 3.68. The second-order valence-electron chi connectivity index (χ2n) is 6.14. The van der Waals surface area contributed by atoms with Crippen LogP contribution in [0.3, 0.4) is 0 Å². The molecule has 1 N–H and O–H groups in total. The van der Waals surface area contributed by atoms with Gasteiger partial charge in [-0.3, -0.25) is 9.59 Å². The van der Waals surface area contributed by atoms with Crippen LogP contribution in [0.4, 0.5) is 0 Å². The minimum Gasteiger partial charge on any atom is -0.455 e. The van der Waals surface area contributed by atoms with E-state index in [0.29, 0.717) is 6.54 Å². The Bertz CT molecular complexity index is 670. The molecular formula is C21H25NO3. The maximum atomic E-state index is 12.5. The highest BCUT2D eigenvalue weighted by molar-refractivity contribution is 5.83. The Kier molecular flexibility index (Phi) is 7.20. The molecule has 25 heavy (non-hydrogen) atoms. The quantitative estimate of drug-likeness (QED) is 0.747. The molecule has 0 saturated heterocycles. The lowest BCUT2D eigenvalue weighted by atomic mass is 9.86. The topological polar surface area (TPSA) is 55.4 Å². The van der Waals surface area contributed by atoms with Crippen LogP contribution in [0.25, 0.3) is 0 Å². The van der Waals surface area contributed by atoms with E-state index in [2.05, 4.69) is 5.32 Å². The van der Waals surface area contributed by atoms with E-state index in [9.17, 15) is 9.59 Å². The number of amides is 1. The molecule has 4 nitrogen and oxygen atoms in total. The highest BCUT2D eigenvalue weighted by Gasteiger charge is 2.27. The van der Waals surface area contributed by atoms with Gasteiger partial charge in [0.15, 0.2) is 6.61 Å². The van der Waals surface area contributed by atoms with Crippen molar-refractivity contribution in [2.45, 2.75) is 32.7 Å². The average Bonchev–Trinajstić information content (AvgIpc) is 2.66. The number of carbonyl (C=O) groups is 2. The van der Waals surface area contributed by atoms with Gasteiger partial charge in [0.05, 0.1) is 5.92 Å². The highest BCUT2D eigenvalue weighted by Crippen LogP contribution is 2.28. The summed E-state index contributed by atoms with van der Waals surface area (Å²) in [7, 11) is 0. The number of benzene rings is 2. The minimum absolute atomic E-state index is 0.141. The molecule has 2 aromatic rings. The van der Waals surface area contributed by atoms with Crippen LogP contribution in [0.15, 0.2) is 60.7 Å². The fourth-order valence-corrected chi connectivity index (χ4v) is 2.67. The van der Waals surface area contributed by atoms with Gasteiger partial charge in [0.2, 0.25) is 0 Å². The molecule has 0 aromatic heterocycles. The third-order valence-corrected chi connectivity index (χ3v) is 4.30. The van der Waals surface area contributed by atoms with E-state index in [1.807, 2.05) is 74.5 Å². The Hall–Kier alpha value is -2.62. The van der Waals surface area contributed by atoms with Gasteiger partial charge in [-0.15, -0.1) is 0 Å². The second-order valence-corrected chi connectivity index (χ2v) is 6.14. The summed E-state index contributed by atoms with van der Waals surface area (Å²) in [6, 6.07) is 19.2. The third kappa shape index (κ3) is 5.75. The normalized spacial score (nSPS) is 12.9. The zero-order valence-electron chi connectivity index (χ0n) is 14.8. The molecule has 0 spiro atoms. The first kappa shape index (κ1) is 18.7. The number of carbonyl (C=O) groups excluding carboxylic acids is 2. The van der Waals surface area contributed by atoms with Crippen molar-refractivity contribution in [2.75, 3.05) is 6.61 Å². The Morgan fingerprint density at radius 3 is 2.20 bits per heavy atom. The van der Waals surface area contributed by atoms with E-state index in [1.54, 1.807) is 0 Å². The van der Waals surface area contributed by atoms with Gasteiger partial charge in [-0.2, -0.15) is 0 Å². The van der Waals surface area contributed by atoms with Crippen molar-refractivity contribution in [3.05, 3.63) is 71.8 Å². The summed E-state index contributed by atoms with van der Waals surface area (Å²) in [5.41, 5.74) is 1.93. The van der Waals surface area contributed by atoms with E-state index in [1.165, 1.54) is 0 Å². The molecule has 132 valence electrons. The zero-order chi connectivity index (χ0) is 18.1. The third-order valence-electron chi connectivity index (χ3n) is 4.30. The van der Waals surface area contributed by atoms with Crippen LogP contribution in [0.2, 0.25) is 0 Å². The second kappa shape index (κ2) is 9.62. The van der Waals surface area contributed by atoms with Gasteiger partial charge >= 0.3 is 5.97 Å². The predicted molar refractivity (Wildman–Crippen MR) is 97.9 cm³/mol. The van der Waals surface area contributed by atoms with Crippen LogP contribution in [-0.4, -0.2) is 18.5 Å². The summed E-state index contributed by atoms with van der Waals surface area (Å²) < 4.78 is 5.28. The summed E-state index contributed by atoms with van der Waals surface area (Å²) in [6.45, 7) is 4.23. The fraction of sp³-hybridized carbons (Fsp3) is 0.333. The number of ether oxygens (including phenoxy) is 1. The number of rotatable bonds is 8. The van der Waals surface area contributed by atoms with Crippen molar-refractivity contribution < 1.29 is 14.3 Å². The molecule has 0 saturated carbocycles. The number of hydrogen-bond donors (Lipinski definition) is 1. The average molecular weight is 339 g/mol. The number of nitrogens with one attached hydrogen (secondary N) is 1. The van der Waals surface area contributed by atoms with Gasteiger partial charge < -0.3 is 10.1 Å². The SMILES string of the molecule is CC[C@@H](C)[C@H](C(=O)OCC(=O)NCc1ccccc1)c1ccccc1. The lowest BCUT2D eigenvalue weighted by Crippen LogP contribution is -2.30. The fourth-order valence-electron chi connectivity index (χ4n) is 2.67. The summed E-state index contributed by atoms with van der Waals surface area (Å²) in [5, 5.41) is 2.76. The van der Waals surface area contributed by atoms with Gasteiger partial charge in [0.25, 0.3) is 5.91 Å². The molecule has 2 aromatic carbocycles. The molecule has 0 aliphatic rings. The Labute approximate surface area is 149 Å². The van der Waals surface area contributed by atoms with Crippen LogP contribution in [0.5, 0.6) is 0 Å². The Morgan fingerprint density at radius 2 is 1.60 bits per heavy atom. The van der Waals surface area contributed by atoms with Crippen LogP contribution in [-0.2, 0) is 20.9 Å². The molecule has 0 radical (unpaired) electrons. The largest absolute Gasteiger partial charge is 0.455 e. The molecule has 0 aliphatic heterocycles. The lowest BCUT2D eigenvalue weighted by molar-refractivity contribution is -0.151. The Morgan fingerprint density at radius 1 is 1.00 bits per heavy atom. The molecule has 2 rings (SSSR count). The van der Waals surface area contributed by atoms with E-state index in [4.69, 9.17) is 4.74 Å². The summed E-state index contributed by atoms with van der Waals surface area (Å²) in [4.78, 5) is 24.5. The summed E-state index contributed by atoms with van der Waals surface area (Å²) in [6.07, 6.45) is 0.856. The van der Waals surface area contributed by atoms with Crippen molar-refractivity contribution in [1.82, 2.24) is 5.32 Å². The molecule has 0 unspecified atom stereocenters. The molecule has 2 atom stereocenters. The molecule has 1 amide bonds. The van der Waals surface area contributed by atoms with Gasteiger partial charge in [0.1, 0.15) is 0 Å². The molecule has 0 bridgehead atoms. The smallest absolute Gasteiger partial charge is 0.314 e. The Balaban J connectivity index is 1.89. The van der Waals surface area contributed by atoms with Gasteiger partial charge in [-0.1, -0.05) is 80.9 Å². The van der Waals surface area contributed by atoms with Crippen LogP contribution in [0.1, 0.15) is 37.3 Å². The van der Waals surface area contributed by atoms with E-state index in [-0.39, 0.29) is 30.3 Å².